The summed E-state index contributed by atoms with van der Waals surface area (Å²) in [6.07, 6.45) is 5.62. The van der Waals surface area contributed by atoms with Gasteiger partial charge in [0.1, 0.15) is 5.69 Å². The van der Waals surface area contributed by atoms with Crippen molar-refractivity contribution >= 4 is 58.1 Å². The Hall–Kier alpha value is -3.02. The maximum atomic E-state index is 6.85. The van der Waals surface area contributed by atoms with Gasteiger partial charge in [-0.1, -0.05) is 114 Å². The lowest BCUT2D eigenvalue weighted by Crippen LogP contribution is -2.36. The molecule has 8 heteroatoms. The van der Waals surface area contributed by atoms with Gasteiger partial charge in [-0.3, -0.25) is 0 Å². The molecule has 0 saturated carbocycles. The highest BCUT2D eigenvalue weighted by Crippen LogP contribution is 2.50. The van der Waals surface area contributed by atoms with Gasteiger partial charge in [0, 0.05) is 11.8 Å². The fourth-order valence-electron chi connectivity index (χ4n) is 4.99. The van der Waals surface area contributed by atoms with Crippen LogP contribution in [0.15, 0.2) is 100 Å². The van der Waals surface area contributed by atoms with Crippen LogP contribution in [0.3, 0.4) is 0 Å². The molecule has 190 valence electrons. The van der Waals surface area contributed by atoms with Gasteiger partial charge in [-0.2, -0.15) is 5.10 Å². The quantitative estimate of drug-likeness (QED) is 0.236. The fourth-order valence-corrected chi connectivity index (χ4v) is 5.92. The summed E-state index contributed by atoms with van der Waals surface area (Å²) in [7, 11) is 0. The van der Waals surface area contributed by atoms with Crippen molar-refractivity contribution in [2.45, 2.75) is 25.8 Å². The zero-order chi connectivity index (χ0) is 26.4. The number of hydrogen-bond donors (Lipinski definition) is 0. The molecule has 0 aliphatic carbocycles. The molecule has 4 aromatic rings. The van der Waals surface area contributed by atoms with Crippen molar-refractivity contribution in [1.29, 1.82) is 0 Å². The lowest BCUT2D eigenvalue weighted by Gasteiger charge is -2.37. The number of para-hydroxylation sites is 1. The van der Waals surface area contributed by atoms with Crippen molar-refractivity contribution < 1.29 is 0 Å². The van der Waals surface area contributed by atoms with E-state index in [-0.39, 0.29) is 0 Å². The number of fused-ring (bicyclic) bond motifs is 2. The summed E-state index contributed by atoms with van der Waals surface area (Å²) in [5.41, 5.74) is 5.63. The van der Waals surface area contributed by atoms with Crippen molar-refractivity contribution in [2.24, 2.45) is 4.99 Å². The predicted molar refractivity (Wildman–Crippen MR) is 158 cm³/mol. The number of rotatable bonds is 5. The maximum absolute atomic E-state index is 6.85. The van der Waals surface area contributed by atoms with Crippen molar-refractivity contribution in [3.05, 3.63) is 122 Å². The van der Waals surface area contributed by atoms with E-state index < -0.39 is 6.04 Å². The number of aromatic nitrogens is 2. The number of benzene rings is 3. The second-order valence-corrected chi connectivity index (χ2v) is 10.8. The highest BCUT2D eigenvalue weighted by atomic mass is 35.5. The van der Waals surface area contributed by atoms with Crippen LogP contribution in [0.4, 0.5) is 5.82 Å². The normalized spacial score (nSPS) is 16.4. The average Bonchev–Trinajstić information content (AvgIpc) is 3.30. The van der Waals surface area contributed by atoms with Crippen LogP contribution >= 0.6 is 46.4 Å². The van der Waals surface area contributed by atoms with E-state index in [1.807, 2.05) is 58.2 Å². The Bertz CT molecular complexity index is 1620. The van der Waals surface area contributed by atoms with Crippen LogP contribution in [0.2, 0.25) is 10.0 Å². The standard InChI is InChI=1S/C30H22Cl4N4/c1-2-7-18-12-14-19(15-13-18)27-25-28(22-10-6-11-23(32)26(22)34)37-17-20(31)16-24(33)29(37)35-30(25)38(36-27)21-8-4-3-5-9-21/h3-6,8-17,28H,2,7H2,1H3. The van der Waals surface area contributed by atoms with E-state index in [9.17, 15) is 0 Å². The molecule has 0 amide bonds. The van der Waals surface area contributed by atoms with Gasteiger partial charge in [-0.05, 0) is 41.8 Å². The first-order chi connectivity index (χ1) is 18.5. The van der Waals surface area contributed by atoms with E-state index in [1.165, 1.54) is 5.56 Å². The molecule has 0 spiro atoms. The van der Waals surface area contributed by atoms with Gasteiger partial charge < -0.3 is 4.90 Å². The number of allylic oxidation sites excluding steroid dienone is 2. The van der Waals surface area contributed by atoms with Crippen LogP contribution in [-0.4, -0.2) is 20.5 Å². The third-order valence-corrected chi connectivity index (χ3v) is 8.01. The number of halogens is 4. The van der Waals surface area contributed by atoms with E-state index in [4.69, 9.17) is 56.5 Å². The first-order valence-electron chi connectivity index (χ1n) is 12.3. The summed E-state index contributed by atoms with van der Waals surface area (Å²) in [4.78, 5) is 7.00. The molecular formula is C30H22Cl4N4. The monoisotopic (exact) mass is 578 g/mol. The van der Waals surface area contributed by atoms with Crippen molar-refractivity contribution in [1.82, 2.24) is 14.7 Å². The molecule has 4 nitrogen and oxygen atoms in total. The number of aliphatic imine (C=N–C) groups is 1. The third kappa shape index (κ3) is 4.36. The Morgan fingerprint density at radius 3 is 2.37 bits per heavy atom. The van der Waals surface area contributed by atoms with E-state index in [1.54, 1.807) is 12.1 Å². The topological polar surface area (TPSA) is 33.4 Å². The first-order valence-corrected chi connectivity index (χ1v) is 13.8. The van der Waals surface area contributed by atoms with Gasteiger partial charge in [-0.15, -0.1) is 0 Å². The van der Waals surface area contributed by atoms with Crippen molar-refractivity contribution in [3.63, 3.8) is 0 Å². The van der Waals surface area contributed by atoms with Gasteiger partial charge in [0.15, 0.2) is 11.7 Å². The lowest BCUT2D eigenvalue weighted by molar-refractivity contribution is 0.462. The van der Waals surface area contributed by atoms with Gasteiger partial charge in [0.2, 0.25) is 0 Å². The molecule has 2 aliphatic rings. The third-order valence-electron chi connectivity index (χ3n) is 6.69. The number of nitrogens with zero attached hydrogens (tertiary/aromatic N) is 4. The van der Waals surface area contributed by atoms with Crippen LogP contribution in [0, 0.1) is 0 Å². The molecule has 2 aliphatic heterocycles. The molecule has 0 saturated heterocycles. The molecule has 1 unspecified atom stereocenters. The second-order valence-electron chi connectivity index (χ2n) is 9.17. The minimum absolute atomic E-state index is 0.428. The summed E-state index contributed by atoms with van der Waals surface area (Å²) >= 11 is 26.6. The Kier molecular flexibility index (Phi) is 6.83. The summed E-state index contributed by atoms with van der Waals surface area (Å²) in [6, 6.07) is 23.7. The Morgan fingerprint density at radius 2 is 1.63 bits per heavy atom. The molecule has 0 fully saturated rings. The summed E-state index contributed by atoms with van der Waals surface area (Å²) in [5, 5.41) is 6.96. The Morgan fingerprint density at radius 1 is 0.868 bits per heavy atom. The molecule has 0 N–H and O–H groups in total. The number of aryl methyl sites for hydroxylation is 1. The number of amidine groups is 1. The second kappa shape index (κ2) is 10.3. The van der Waals surface area contributed by atoms with Crippen LogP contribution in [0.5, 0.6) is 0 Å². The van der Waals surface area contributed by atoms with Gasteiger partial charge >= 0.3 is 0 Å². The minimum atomic E-state index is -0.428. The number of hydrogen-bond acceptors (Lipinski definition) is 3. The summed E-state index contributed by atoms with van der Waals surface area (Å²) in [5.74, 6) is 1.24. The largest absolute Gasteiger partial charge is 0.318 e. The van der Waals surface area contributed by atoms with E-state index >= 15 is 0 Å². The van der Waals surface area contributed by atoms with E-state index in [0.29, 0.717) is 31.8 Å². The zero-order valence-corrected chi connectivity index (χ0v) is 23.4. The zero-order valence-electron chi connectivity index (χ0n) is 20.4. The Labute approximate surface area is 241 Å². The fraction of sp³-hybridized carbons (Fsp3) is 0.133. The van der Waals surface area contributed by atoms with Crippen molar-refractivity contribution in [2.75, 3.05) is 0 Å². The summed E-state index contributed by atoms with van der Waals surface area (Å²) < 4.78 is 1.87. The molecule has 3 aromatic carbocycles. The lowest BCUT2D eigenvalue weighted by atomic mass is 9.92. The van der Waals surface area contributed by atoms with E-state index in [2.05, 4.69) is 31.2 Å². The van der Waals surface area contributed by atoms with Crippen LogP contribution in [0.25, 0.3) is 16.9 Å². The van der Waals surface area contributed by atoms with E-state index in [0.717, 1.165) is 40.9 Å². The minimum Gasteiger partial charge on any atom is -0.318 e. The molecule has 3 heterocycles. The SMILES string of the molecule is CCCc1ccc(-c2nn(-c3ccccc3)c3c2C(c2cccc(Cl)c2Cl)N2C=C(Cl)C=C(Cl)C2=N3)cc1. The highest BCUT2D eigenvalue weighted by Gasteiger charge is 2.40. The van der Waals surface area contributed by atoms with Crippen LogP contribution < -0.4 is 0 Å². The maximum Gasteiger partial charge on any atom is 0.164 e. The molecule has 38 heavy (non-hydrogen) atoms. The molecule has 1 aromatic heterocycles. The molecule has 0 bridgehead atoms. The van der Waals surface area contributed by atoms with Crippen LogP contribution in [0.1, 0.15) is 36.1 Å². The van der Waals surface area contributed by atoms with Crippen molar-refractivity contribution in [3.8, 4) is 16.9 Å². The highest BCUT2D eigenvalue weighted by molar-refractivity contribution is 6.46. The van der Waals surface area contributed by atoms with Crippen LogP contribution in [-0.2, 0) is 6.42 Å². The predicted octanol–water partition coefficient (Wildman–Crippen LogP) is 9.45. The average molecular weight is 580 g/mol. The molecule has 0 radical (unpaired) electrons. The molecular weight excluding hydrogens is 558 g/mol. The smallest absolute Gasteiger partial charge is 0.164 e. The summed E-state index contributed by atoms with van der Waals surface area (Å²) in [6.45, 7) is 2.18. The molecule has 1 atom stereocenters. The van der Waals surface area contributed by atoms with Gasteiger partial charge in [0.25, 0.3) is 0 Å². The first kappa shape index (κ1) is 25.3. The molecule has 6 rings (SSSR count). The van der Waals surface area contributed by atoms with Gasteiger partial charge in [0.05, 0.1) is 37.4 Å². The Balaban J connectivity index is 1.68. The van der Waals surface area contributed by atoms with Gasteiger partial charge in [-0.25, -0.2) is 9.67 Å².